The molecule has 0 atom stereocenters. The zero-order valence-corrected chi connectivity index (χ0v) is 14.3. The Morgan fingerprint density at radius 1 is 1.25 bits per heavy atom. The highest BCUT2D eigenvalue weighted by molar-refractivity contribution is 6.32. The van der Waals surface area contributed by atoms with Gasteiger partial charge in [0.2, 0.25) is 0 Å². The van der Waals surface area contributed by atoms with Crippen LogP contribution in [-0.4, -0.2) is 46.1 Å². The van der Waals surface area contributed by atoms with Crippen LogP contribution in [0, 0.1) is 11.2 Å². The van der Waals surface area contributed by atoms with Crippen molar-refractivity contribution < 1.29 is 4.39 Å². The third-order valence-electron chi connectivity index (χ3n) is 5.26. The van der Waals surface area contributed by atoms with Crippen LogP contribution in [0.3, 0.4) is 0 Å². The number of hydrogen-bond acceptors (Lipinski definition) is 4. The third kappa shape index (κ3) is 3.18. The van der Waals surface area contributed by atoms with E-state index in [2.05, 4.69) is 20.5 Å². The van der Waals surface area contributed by atoms with E-state index in [4.69, 9.17) is 11.6 Å². The molecule has 2 fully saturated rings. The predicted molar refractivity (Wildman–Crippen MR) is 90.8 cm³/mol. The first-order valence-electron chi connectivity index (χ1n) is 8.43. The Kier molecular flexibility index (Phi) is 4.28. The molecule has 24 heavy (non-hydrogen) atoms. The zero-order valence-electron chi connectivity index (χ0n) is 13.5. The van der Waals surface area contributed by atoms with Crippen LogP contribution in [0.25, 0.3) is 5.69 Å². The first-order valence-corrected chi connectivity index (χ1v) is 8.81. The van der Waals surface area contributed by atoms with Crippen molar-refractivity contribution in [2.45, 2.75) is 25.8 Å². The fourth-order valence-corrected chi connectivity index (χ4v) is 4.17. The maximum Gasteiger partial charge on any atom is 0.124 e. The average molecular weight is 350 g/mol. The number of likely N-dealkylation sites (tertiary alicyclic amines) is 1. The molecular weight excluding hydrogens is 329 g/mol. The number of benzene rings is 1. The molecule has 0 bridgehead atoms. The minimum Gasteiger partial charge on any atom is -0.317 e. The van der Waals surface area contributed by atoms with Crippen LogP contribution < -0.4 is 5.32 Å². The van der Waals surface area contributed by atoms with Crippen LogP contribution in [0.2, 0.25) is 5.02 Å². The van der Waals surface area contributed by atoms with Gasteiger partial charge in [-0.15, -0.1) is 5.10 Å². The topological polar surface area (TPSA) is 46.0 Å². The fourth-order valence-electron chi connectivity index (χ4n) is 3.91. The molecule has 1 aromatic heterocycles. The Balaban J connectivity index is 1.44. The van der Waals surface area contributed by atoms with Gasteiger partial charge in [0, 0.05) is 13.1 Å². The Hall–Kier alpha value is -1.50. The highest BCUT2D eigenvalue weighted by atomic mass is 35.5. The van der Waals surface area contributed by atoms with Gasteiger partial charge in [-0.25, -0.2) is 9.07 Å². The molecule has 0 amide bonds. The van der Waals surface area contributed by atoms with Crippen LogP contribution in [0.15, 0.2) is 24.4 Å². The molecule has 0 radical (unpaired) electrons. The molecular formula is C17H21ClFN5. The van der Waals surface area contributed by atoms with Crippen molar-refractivity contribution in [1.29, 1.82) is 0 Å². The van der Waals surface area contributed by atoms with Crippen LogP contribution in [0.5, 0.6) is 0 Å². The van der Waals surface area contributed by atoms with E-state index >= 15 is 0 Å². The second kappa shape index (κ2) is 6.43. The second-order valence-electron chi connectivity index (χ2n) is 6.96. The summed E-state index contributed by atoms with van der Waals surface area (Å²) in [4.78, 5) is 2.46. The molecule has 1 N–H and O–H groups in total. The van der Waals surface area contributed by atoms with Crippen molar-refractivity contribution in [2.24, 2.45) is 5.41 Å². The lowest BCUT2D eigenvalue weighted by molar-refractivity contribution is 0.193. The van der Waals surface area contributed by atoms with Crippen LogP contribution in [0.1, 0.15) is 25.0 Å². The van der Waals surface area contributed by atoms with E-state index in [1.54, 1.807) is 10.7 Å². The van der Waals surface area contributed by atoms with Crippen LogP contribution in [0.4, 0.5) is 4.39 Å². The van der Waals surface area contributed by atoms with Crippen molar-refractivity contribution in [1.82, 2.24) is 25.2 Å². The maximum absolute atomic E-state index is 13.2. The number of aromatic nitrogens is 3. The van der Waals surface area contributed by atoms with E-state index in [1.165, 1.54) is 31.4 Å². The van der Waals surface area contributed by atoms with Crippen molar-refractivity contribution in [3.8, 4) is 5.69 Å². The summed E-state index contributed by atoms with van der Waals surface area (Å²) >= 11 is 6.10. The summed E-state index contributed by atoms with van der Waals surface area (Å²) in [5, 5.41) is 12.2. The minimum absolute atomic E-state index is 0.335. The van der Waals surface area contributed by atoms with E-state index < -0.39 is 0 Å². The number of piperidine rings is 1. The number of rotatable bonds is 3. The molecule has 128 valence electrons. The first-order chi connectivity index (χ1) is 11.6. The molecule has 0 aliphatic carbocycles. The van der Waals surface area contributed by atoms with Gasteiger partial charge in [-0.3, -0.25) is 4.90 Å². The van der Waals surface area contributed by atoms with Gasteiger partial charge in [-0.05, 0) is 62.5 Å². The second-order valence-corrected chi connectivity index (χ2v) is 7.37. The van der Waals surface area contributed by atoms with E-state index in [9.17, 15) is 4.39 Å². The Morgan fingerprint density at radius 3 is 2.88 bits per heavy atom. The Morgan fingerprint density at radius 2 is 2.08 bits per heavy atom. The third-order valence-corrected chi connectivity index (χ3v) is 5.57. The first kappa shape index (κ1) is 16.0. The fraction of sp³-hybridized carbons (Fsp3) is 0.529. The van der Waals surface area contributed by atoms with Crippen molar-refractivity contribution >= 4 is 11.6 Å². The summed E-state index contributed by atoms with van der Waals surface area (Å²) in [7, 11) is 0. The number of nitrogens with one attached hydrogen (secondary N) is 1. The van der Waals surface area contributed by atoms with Gasteiger partial charge in [0.1, 0.15) is 5.82 Å². The van der Waals surface area contributed by atoms with Gasteiger partial charge in [0.05, 0.1) is 22.6 Å². The maximum atomic E-state index is 13.2. The predicted octanol–water partition coefficient (Wildman–Crippen LogP) is 2.64. The summed E-state index contributed by atoms with van der Waals surface area (Å²) in [6.07, 6.45) is 5.68. The highest BCUT2D eigenvalue weighted by Crippen LogP contribution is 2.38. The van der Waals surface area contributed by atoms with Crippen molar-refractivity contribution in [3.63, 3.8) is 0 Å². The lowest BCUT2D eigenvalue weighted by atomic mass is 9.78. The largest absolute Gasteiger partial charge is 0.317 e. The molecule has 2 aromatic rings. The number of nitrogens with zero attached hydrogens (tertiary/aromatic N) is 4. The van der Waals surface area contributed by atoms with Gasteiger partial charge in [-0.2, -0.15) is 0 Å². The van der Waals surface area contributed by atoms with E-state index in [0.29, 0.717) is 16.1 Å². The molecule has 2 aliphatic rings. The van der Waals surface area contributed by atoms with E-state index in [0.717, 1.165) is 38.4 Å². The van der Waals surface area contributed by atoms with Gasteiger partial charge in [0.25, 0.3) is 0 Å². The van der Waals surface area contributed by atoms with E-state index in [1.807, 2.05) is 6.20 Å². The van der Waals surface area contributed by atoms with E-state index in [-0.39, 0.29) is 5.82 Å². The van der Waals surface area contributed by atoms with Gasteiger partial charge in [0.15, 0.2) is 0 Å². The van der Waals surface area contributed by atoms with Crippen LogP contribution >= 0.6 is 11.6 Å². The molecule has 3 heterocycles. The summed E-state index contributed by atoms with van der Waals surface area (Å²) < 4.78 is 14.8. The Labute approximate surface area is 145 Å². The van der Waals surface area contributed by atoms with Crippen molar-refractivity contribution in [3.05, 3.63) is 40.9 Å². The molecule has 0 saturated carbocycles. The zero-order chi connectivity index (χ0) is 16.6. The molecule has 0 unspecified atom stereocenters. The quantitative estimate of drug-likeness (QED) is 0.925. The molecule has 1 aromatic carbocycles. The molecule has 7 heteroatoms. The lowest BCUT2D eigenvalue weighted by Crippen LogP contribution is -2.38. The summed E-state index contributed by atoms with van der Waals surface area (Å²) in [6.45, 7) is 5.32. The average Bonchev–Trinajstić information content (AvgIpc) is 3.16. The SMILES string of the molecule is Fc1ccc(-n2cc(CN3CCC4(CCNCC4)C3)nn2)c(Cl)c1. The summed E-state index contributed by atoms with van der Waals surface area (Å²) in [6, 6.07) is 4.29. The normalized spacial score (nSPS) is 20.8. The monoisotopic (exact) mass is 349 g/mol. The molecule has 1 spiro atoms. The molecule has 2 saturated heterocycles. The Bertz CT molecular complexity index is 726. The smallest absolute Gasteiger partial charge is 0.124 e. The standard InChI is InChI=1S/C17H21ClFN5/c18-15-9-13(19)1-2-16(15)24-11-14(21-22-24)10-23-8-5-17(12-23)3-6-20-7-4-17/h1-2,9,11,20H,3-8,10,12H2. The molecule has 5 nitrogen and oxygen atoms in total. The van der Waals surface area contributed by atoms with Gasteiger partial charge >= 0.3 is 0 Å². The summed E-state index contributed by atoms with van der Waals surface area (Å²) in [5.41, 5.74) is 2.05. The molecule has 2 aliphatic heterocycles. The van der Waals surface area contributed by atoms with Gasteiger partial charge < -0.3 is 5.32 Å². The summed E-state index contributed by atoms with van der Waals surface area (Å²) in [5.74, 6) is -0.353. The number of halogens is 2. The lowest BCUT2D eigenvalue weighted by Gasteiger charge is -2.33. The number of hydrogen-bond donors (Lipinski definition) is 1. The van der Waals surface area contributed by atoms with Crippen molar-refractivity contribution in [2.75, 3.05) is 26.2 Å². The molecule has 4 rings (SSSR count). The van der Waals surface area contributed by atoms with Gasteiger partial charge in [-0.1, -0.05) is 16.8 Å². The van der Waals surface area contributed by atoms with Crippen LogP contribution in [-0.2, 0) is 6.54 Å². The highest BCUT2D eigenvalue weighted by Gasteiger charge is 2.38. The minimum atomic E-state index is -0.353.